The van der Waals surface area contributed by atoms with E-state index in [9.17, 15) is 24.6 Å². The summed E-state index contributed by atoms with van der Waals surface area (Å²) in [6.07, 6.45) is 3.17. The van der Waals surface area contributed by atoms with Crippen molar-refractivity contribution in [3.05, 3.63) is 106 Å². The first-order valence-electron chi connectivity index (χ1n) is 14.2. The van der Waals surface area contributed by atoms with Gasteiger partial charge in [-0.3, -0.25) is 14.4 Å². The predicted molar refractivity (Wildman–Crippen MR) is 164 cm³/mol. The number of ketones is 3. The standard InChI is InChI=1S/C35H32N2O7/c1-17-31(40)29(19(3)38)33-30(32(17)41)35(4)27(44-33)14-25(39)28(34(35)42)18(2)36-15-23(21-11-7-9-13-26(21)43-5)22-16-37-24-12-8-6-10-20(22)24/h6-14,16,23,36-37,40-41H,15H2,1-5H3/b28-18+/t23?,35-/m0/s1. The van der Waals surface area contributed by atoms with Crippen LogP contribution < -0.4 is 14.8 Å². The van der Waals surface area contributed by atoms with Gasteiger partial charge in [-0.25, -0.2) is 0 Å². The van der Waals surface area contributed by atoms with Crippen molar-refractivity contribution >= 4 is 28.3 Å². The van der Waals surface area contributed by atoms with Crippen LogP contribution in [0.2, 0.25) is 0 Å². The third-order valence-electron chi connectivity index (χ3n) is 8.84. The monoisotopic (exact) mass is 592 g/mol. The molecule has 6 rings (SSSR count). The number of benzene rings is 3. The highest BCUT2D eigenvalue weighted by Gasteiger charge is 2.56. The second-order valence-corrected chi connectivity index (χ2v) is 11.4. The highest BCUT2D eigenvalue weighted by atomic mass is 16.5. The van der Waals surface area contributed by atoms with E-state index in [4.69, 9.17) is 9.47 Å². The fraction of sp³-hybridized carbons (Fsp3) is 0.229. The number of aromatic nitrogens is 1. The van der Waals surface area contributed by atoms with Crippen LogP contribution in [0.4, 0.5) is 0 Å². The van der Waals surface area contributed by atoms with Crippen molar-refractivity contribution in [2.45, 2.75) is 39.0 Å². The van der Waals surface area contributed by atoms with Crippen molar-refractivity contribution in [3.8, 4) is 23.0 Å². The molecule has 0 spiro atoms. The minimum atomic E-state index is -1.59. The minimum Gasteiger partial charge on any atom is -0.507 e. The average Bonchev–Trinajstić information content (AvgIpc) is 3.55. The van der Waals surface area contributed by atoms with Gasteiger partial charge in [0.05, 0.1) is 18.2 Å². The second kappa shape index (κ2) is 10.4. The van der Waals surface area contributed by atoms with Crippen LogP contribution in [-0.2, 0) is 15.0 Å². The van der Waals surface area contributed by atoms with E-state index < -0.39 is 28.5 Å². The normalized spacial score (nSPS) is 19.2. The summed E-state index contributed by atoms with van der Waals surface area (Å²) < 4.78 is 11.6. The Morgan fingerprint density at radius 1 is 1.05 bits per heavy atom. The summed E-state index contributed by atoms with van der Waals surface area (Å²) in [5, 5.41) is 26.1. The van der Waals surface area contributed by atoms with Crippen molar-refractivity contribution in [3.63, 3.8) is 0 Å². The molecule has 1 aliphatic carbocycles. The number of para-hydroxylation sites is 2. The first-order valence-corrected chi connectivity index (χ1v) is 14.2. The van der Waals surface area contributed by atoms with Crippen LogP contribution in [0.25, 0.3) is 10.9 Å². The Labute approximate surface area is 253 Å². The number of carbonyl (C=O) groups is 3. The SMILES string of the molecule is COc1ccccc1C(CN/C(C)=C1\C(=O)C=C2Oc3c(C(C)=O)c(O)c(C)c(O)c3[C@@]2(C)C1=O)c1c[nH]c2ccccc12. The van der Waals surface area contributed by atoms with Crippen LogP contribution in [0.1, 0.15) is 59.3 Å². The number of rotatable bonds is 7. The lowest BCUT2D eigenvalue weighted by Crippen LogP contribution is -2.41. The molecule has 1 unspecified atom stereocenters. The van der Waals surface area contributed by atoms with Gasteiger partial charge in [0, 0.05) is 52.5 Å². The molecule has 1 aliphatic heterocycles. The molecular formula is C35H32N2O7. The number of H-pyrrole nitrogens is 1. The summed E-state index contributed by atoms with van der Waals surface area (Å²) in [5.74, 6) is -2.09. The Morgan fingerprint density at radius 3 is 2.48 bits per heavy atom. The molecule has 3 aromatic carbocycles. The molecule has 9 heteroatoms. The zero-order valence-electron chi connectivity index (χ0n) is 25.0. The van der Waals surface area contributed by atoms with Crippen LogP contribution in [0.5, 0.6) is 23.0 Å². The van der Waals surface area contributed by atoms with Crippen molar-refractivity contribution in [2.75, 3.05) is 13.7 Å². The number of hydrogen-bond acceptors (Lipinski definition) is 8. The van der Waals surface area contributed by atoms with Gasteiger partial charge in [0.25, 0.3) is 0 Å². The number of ether oxygens (including phenoxy) is 2. The topological polar surface area (TPSA) is 138 Å². The molecule has 0 saturated heterocycles. The zero-order chi connectivity index (χ0) is 31.5. The van der Waals surface area contributed by atoms with E-state index in [1.165, 1.54) is 19.9 Å². The summed E-state index contributed by atoms with van der Waals surface area (Å²) in [7, 11) is 1.62. The van der Waals surface area contributed by atoms with Gasteiger partial charge in [-0.15, -0.1) is 0 Å². The van der Waals surface area contributed by atoms with Crippen LogP contribution in [0, 0.1) is 6.92 Å². The lowest BCUT2D eigenvalue weighted by atomic mass is 9.70. The Bertz CT molecular complexity index is 1970. The number of Topliss-reactive ketones (excluding diaryl/α,β-unsaturated/α-hetero) is 2. The summed E-state index contributed by atoms with van der Waals surface area (Å²) in [6.45, 7) is 6.25. The first kappa shape index (κ1) is 28.8. The lowest BCUT2D eigenvalue weighted by molar-refractivity contribution is -0.123. The summed E-state index contributed by atoms with van der Waals surface area (Å²) >= 11 is 0. The van der Waals surface area contributed by atoms with Crippen LogP contribution in [0.15, 0.2) is 77.8 Å². The van der Waals surface area contributed by atoms with Gasteiger partial charge in [-0.1, -0.05) is 36.4 Å². The summed E-state index contributed by atoms with van der Waals surface area (Å²) in [5.41, 5.74) is 1.55. The number of methoxy groups -OCH3 is 1. The zero-order valence-corrected chi connectivity index (χ0v) is 25.0. The van der Waals surface area contributed by atoms with E-state index >= 15 is 0 Å². The Balaban J connectivity index is 1.43. The van der Waals surface area contributed by atoms with Gasteiger partial charge in [0.2, 0.25) is 0 Å². The maximum Gasteiger partial charge on any atom is 0.194 e. The number of nitrogens with one attached hydrogen (secondary N) is 2. The summed E-state index contributed by atoms with van der Waals surface area (Å²) in [6, 6.07) is 15.7. The molecule has 2 aliphatic rings. The van der Waals surface area contributed by atoms with Crippen LogP contribution in [-0.4, -0.2) is 46.2 Å². The van der Waals surface area contributed by atoms with E-state index in [0.29, 0.717) is 18.0 Å². The number of aromatic hydroxyl groups is 2. The Hall–Kier alpha value is -5.31. The van der Waals surface area contributed by atoms with Crippen molar-refractivity contribution in [1.82, 2.24) is 10.3 Å². The van der Waals surface area contributed by atoms with E-state index in [-0.39, 0.29) is 45.4 Å². The molecule has 2 atom stereocenters. The highest BCUT2D eigenvalue weighted by Crippen LogP contribution is 2.57. The van der Waals surface area contributed by atoms with E-state index in [2.05, 4.69) is 10.3 Å². The fourth-order valence-corrected chi connectivity index (χ4v) is 6.43. The minimum absolute atomic E-state index is 0.00691. The number of allylic oxidation sites excluding steroid dienone is 4. The van der Waals surface area contributed by atoms with Crippen molar-refractivity contribution < 1.29 is 34.1 Å². The third kappa shape index (κ3) is 4.11. The highest BCUT2D eigenvalue weighted by molar-refractivity contribution is 6.31. The van der Waals surface area contributed by atoms with Gasteiger partial charge in [-0.2, -0.15) is 0 Å². The fourth-order valence-electron chi connectivity index (χ4n) is 6.43. The molecule has 9 nitrogen and oxygen atoms in total. The Kier molecular flexibility index (Phi) is 6.84. The number of hydrogen-bond donors (Lipinski definition) is 4. The number of carbonyl (C=O) groups excluding carboxylic acids is 3. The molecule has 224 valence electrons. The van der Waals surface area contributed by atoms with Crippen molar-refractivity contribution in [1.29, 1.82) is 0 Å². The van der Waals surface area contributed by atoms with Gasteiger partial charge in [0.15, 0.2) is 17.3 Å². The molecule has 0 bridgehead atoms. The third-order valence-corrected chi connectivity index (χ3v) is 8.84. The molecule has 0 amide bonds. The van der Waals surface area contributed by atoms with Gasteiger partial charge in [-0.05, 0) is 45.4 Å². The van der Waals surface area contributed by atoms with E-state index in [1.54, 1.807) is 21.0 Å². The maximum atomic E-state index is 14.3. The molecule has 4 aromatic rings. The van der Waals surface area contributed by atoms with E-state index in [1.807, 2.05) is 54.7 Å². The molecule has 44 heavy (non-hydrogen) atoms. The second-order valence-electron chi connectivity index (χ2n) is 11.4. The average molecular weight is 593 g/mol. The Morgan fingerprint density at radius 2 is 1.75 bits per heavy atom. The smallest absolute Gasteiger partial charge is 0.194 e. The maximum absolute atomic E-state index is 14.3. The quantitative estimate of drug-likeness (QED) is 0.126. The van der Waals surface area contributed by atoms with Gasteiger partial charge >= 0.3 is 0 Å². The predicted octanol–water partition coefficient (Wildman–Crippen LogP) is 5.48. The first-order chi connectivity index (χ1) is 21.0. The molecule has 1 aromatic heterocycles. The molecule has 2 heterocycles. The number of fused-ring (bicyclic) bond motifs is 4. The van der Waals surface area contributed by atoms with Crippen LogP contribution >= 0.6 is 0 Å². The largest absolute Gasteiger partial charge is 0.507 e. The van der Waals surface area contributed by atoms with Gasteiger partial charge in [0.1, 0.15) is 39.7 Å². The van der Waals surface area contributed by atoms with Crippen LogP contribution in [0.3, 0.4) is 0 Å². The molecular weight excluding hydrogens is 560 g/mol. The molecule has 0 saturated carbocycles. The number of phenols is 2. The van der Waals surface area contributed by atoms with E-state index in [0.717, 1.165) is 22.0 Å². The summed E-state index contributed by atoms with van der Waals surface area (Å²) in [4.78, 5) is 43.5. The lowest BCUT2D eigenvalue weighted by Gasteiger charge is -2.29. The van der Waals surface area contributed by atoms with Crippen molar-refractivity contribution in [2.24, 2.45) is 0 Å². The molecule has 0 radical (unpaired) electrons. The van der Waals surface area contributed by atoms with Gasteiger partial charge < -0.3 is 30.0 Å². The molecule has 4 N–H and O–H groups in total. The number of aromatic amines is 1. The molecule has 0 fully saturated rings. The number of phenolic OH excluding ortho intramolecular Hbond substituents is 2.